The number of hydrogen-bond donors (Lipinski definition) is 3. The molecule has 4 rings (SSSR count). The minimum absolute atomic E-state index is 0.205. The summed E-state index contributed by atoms with van der Waals surface area (Å²) in [5, 5.41) is 0. The van der Waals surface area contributed by atoms with E-state index in [0.29, 0.717) is 37.9 Å². The van der Waals surface area contributed by atoms with Gasteiger partial charge in [0.15, 0.2) is 5.71 Å². The van der Waals surface area contributed by atoms with Crippen molar-refractivity contribution in [2.45, 2.75) is 89.4 Å². The molecule has 52 heavy (non-hydrogen) atoms. The third kappa shape index (κ3) is 9.97. The van der Waals surface area contributed by atoms with Gasteiger partial charge in [-0.2, -0.15) is 29.8 Å². The Bertz CT molecular complexity index is 2180. The van der Waals surface area contributed by atoms with Crippen molar-refractivity contribution in [2.75, 3.05) is 29.5 Å². The number of anilines is 1. The topological polar surface area (TPSA) is 169 Å². The minimum atomic E-state index is -4.43. The standard InChI is InChI=1S/C38H50N2O9S3/c1-7-29(14-12-16-35-37(3,4)31-26-28(2)18-20-33(31)39(35)22-8-10-24-50(41,42)43)15-13-17-36-38(5,6)32-27-30(52(47,48)49)19-21-34(32)40(36)23-9-11-25-51(44,45)46/h12-21,26-27H,7-11,22-25H2,1-6H3,(H2-,41,42,43,44,45,46,47,48,49)/p+1. The summed E-state index contributed by atoms with van der Waals surface area (Å²) < 4.78 is 99.3. The van der Waals surface area contributed by atoms with Crippen LogP contribution < -0.4 is 4.90 Å². The Labute approximate surface area is 309 Å². The lowest BCUT2D eigenvalue weighted by Gasteiger charge is -2.27. The van der Waals surface area contributed by atoms with Gasteiger partial charge in [0.25, 0.3) is 30.4 Å². The first-order valence-corrected chi connectivity index (χ1v) is 22.0. The van der Waals surface area contributed by atoms with E-state index in [9.17, 15) is 38.9 Å². The van der Waals surface area contributed by atoms with Crippen LogP contribution in [-0.4, -0.2) is 73.8 Å². The Morgan fingerprint density at radius 1 is 0.808 bits per heavy atom. The lowest BCUT2D eigenvalue weighted by Crippen LogP contribution is -2.28. The van der Waals surface area contributed by atoms with E-state index in [1.54, 1.807) is 6.07 Å². The lowest BCUT2D eigenvalue weighted by molar-refractivity contribution is -0.438. The summed E-state index contributed by atoms with van der Waals surface area (Å²) >= 11 is 0. The molecule has 11 nitrogen and oxygen atoms in total. The zero-order valence-corrected chi connectivity index (χ0v) is 33.2. The van der Waals surface area contributed by atoms with Crippen LogP contribution in [-0.2, 0) is 41.2 Å². The molecular formula is C38H51N2O9S3+. The molecule has 0 atom stereocenters. The maximum absolute atomic E-state index is 12.0. The highest BCUT2D eigenvalue weighted by Gasteiger charge is 2.45. The molecule has 0 aliphatic carbocycles. The molecule has 2 aliphatic heterocycles. The van der Waals surface area contributed by atoms with Crippen LogP contribution in [0.4, 0.5) is 11.4 Å². The first kappa shape index (κ1) is 41.4. The second-order valence-corrected chi connectivity index (χ2v) is 19.0. The Hall–Kier alpha value is -3.40. The van der Waals surface area contributed by atoms with Crippen LogP contribution in [0.3, 0.4) is 0 Å². The summed E-state index contributed by atoms with van der Waals surface area (Å²) in [7, 11) is -12.5. The molecule has 0 amide bonds. The number of unbranched alkanes of at least 4 members (excludes halogenated alkanes) is 2. The maximum Gasteiger partial charge on any atom is 0.294 e. The van der Waals surface area contributed by atoms with E-state index in [1.165, 1.54) is 17.7 Å². The summed E-state index contributed by atoms with van der Waals surface area (Å²) in [4.78, 5) is 2.02. The van der Waals surface area contributed by atoms with Crippen LogP contribution in [0, 0.1) is 6.92 Å². The van der Waals surface area contributed by atoms with Crippen molar-refractivity contribution in [1.29, 1.82) is 0 Å². The van der Waals surface area contributed by atoms with Gasteiger partial charge in [-0.15, -0.1) is 0 Å². The fourth-order valence-electron chi connectivity index (χ4n) is 7.01. The second-order valence-electron chi connectivity index (χ2n) is 14.5. The molecule has 14 heteroatoms. The molecule has 2 aromatic carbocycles. The number of benzene rings is 2. The molecule has 0 radical (unpaired) electrons. The van der Waals surface area contributed by atoms with Crippen LogP contribution in [0.1, 0.15) is 83.4 Å². The molecule has 0 saturated carbocycles. The van der Waals surface area contributed by atoms with Gasteiger partial charge in [0, 0.05) is 47.5 Å². The molecule has 284 valence electrons. The van der Waals surface area contributed by atoms with Gasteiger partial charge in [-0.1, -0.05) is 62.8 Å². The predicted molar refractivity (Wildman–Crippen MR) is 207 cm³/mol. The number of aryl methyl sites for hydroxylation is 1. The van der Waals surface area contributed by atoms with Crippen molar-refractivity contribution in [2.24, 2.45) is 0 Å². The highest BCUT2D eigenvalue weighted by molar-refractivity contribution is 7.86. The van der Waals surface area contributed by atoms with Gasteiger partial charge < -0.3 is 4.90 Å². The van der Waals surface area contributed by atoms with Crippen LogP contribution >= 0.6 is 0 Å². The molecule has 0 bridgehead atoms. The molecule has 3 N–H and O–H groups in total. The van der Waals surface area contributed by atoms with Gasteiger partial charge in [-0.3, -0.25) is 13.7 Å². The van der Waals surface area contributed by atoms with Crippen LogP contribution in [0.2, 0.25) is 0 Å². The Balaban J connectivity index is 1.63. The Morgan fingerprint density at radius 3 is 2.08 bits per heavy atom. The maximum atomic E-state index is 12.0. The van der Waals surface area contributed by atoms with E-state index < -0.39 is 35.8 Å². The highest BCUT2D eigenvalue weighted by atomic mass is 32.2. The van der Waals surface area contributed by atoms with Gasteiger partial charge in [-0.25, -0.2) is 0 Å². The fourth-order valence-corrected chi connectivity index (χ4v) is 8.66. The second kappa shape index (κ2) is 15.9. The summed E-state index contributed by atoms with van der Waals surface area (Å²) in [5.74, 6) is -0.633. The molecule has 0 aromatic heterocycles. The average molecular weight is 776 g/mol. The zero-order chi connectivity index (χ0) is 38.7. The number of nitrogens with zero attached hydrogens (tertiary/aromatic N) is 2. The van der Waals surface area contributed by atoms with E-state index in [4.69, 9.17) is 0 Å². The van der Waals surface area contributed by atoms with E-state index in [2.05, 4.69) is 56.9 Å². The number of hydrogen-bond acceptors (Lipinski definition) is 7. The van der Waals surface area contributed by atoms with Crippen molar-refractivity contribution in [1.82, 2.24) is 0 Å². The van der Waals surface area contributed by atoms with Gasteiger partial charge in [0.1, 0.15) is 6.54 Å². The van der Waals surface area contributed by atoms with Gasteiger partial charge in [0.05, 0.1) is 21.8 Å². The number of allylic oxidation sites excluding steroid dienone is 8. The Kier molecular flexibility index (Phi) is 12.7. The smallest absolute Gasteiger partial charge is 0.294 e. The normalized spacial score (nSPS) is 18.3. The van der Waals surface area contributed by atoms with Crippen LogP contribution in [0.15, 0.2) is 89.0 Å². The van der Waals surface area contributed by atoms with Crippen molar-refractivity contribution >= 4 is 47.4 Å². The van der Waals surface area contributed by atoms with E-state index >= 15 is 0 Å². The van der Waals surface area contributed by atoms with E-state index in [1.807, 2.05) is 48.8 Å². The molecule has 2 aromatic rings. The summed E-state index contributed by atoms with van der Waals surface area (Å²) in [5.41, 5.74) is 6.93. The summed E-state index contributed by atoms with van der Waals surface area (Å²) in [6, 6.07) is 10.8. The summed E-state index contributed by atoms with van der Waals surface area (Å²) in [6.07, 6.45) is 14.4. The molecule has 2 aliphatic rings. The minimum Gasteiger partial charge on any atom is -0.344 e. The van der Waals surface area contributed by atoms with Crippen LogP contribution in [0.25, 0.3) is 0 Å². The number of fused-ring (bicyclic) bond motifs is 2. The van der Waals surface area contributed by atoms with E-state index in [0.717, 1.165) is 40.3 Å². The van der Waals surface area contributed by atoms with E-state index in [-0.39, 0.29) is 28.2 Å². The first-order chi connectivity index (χ1) is 24.1. The average Bonchev–Trinajstić information content (AvgIpc) is 3.37. The largest absolute Gasteiger partial charge is 0.344 e. The zero-order valence-electron chi connectivity index (χ0n) is 30.7. The van der Waals surface area contributed by atoms with Crippen LogP contribution in [0.5, 0.6) is 0 Å². The van der Waals surface area contributed by atoms with Gasteiger partial charge >= 0.3 is 0 Å². The van der Waals surface area contributed by atoms with Crippen molar-refractivity contribution in [3.63, 3.8) is 0 Å². The number of rotatable bonds is 16. The van der Waals surface area contributed by atoms with Crippen molar-refractivity contribution in [3.8, 4) is 0 Å². The molecule has 0 saturated heterocycles. The van der Waals surface area contributed by atoms with Gasteiger partial charge in [-0.05, 0) is 81.9 Å². The fraction of sp³-hybridized carbons (Fsp3) is 0.447. The SMILES string of the molecule is CCC(C=C/C=C1/N(CCCCS(=O)(=O)O)c2ccc(C)cc2C1(C)C)=CC=CC1=[N+](CCCCS(=O)(=O)O)c2ccc(S(=O)(=O)O)cc2C1(C)C. The summed E-state index contributed by atoms with van der Waals surface area (Å²) in [6.45, 7) is 13.4. The van der Waals surface area contributed by atoms with Crippen molar-refractivity contribution in [3.05, 3.63) is 101 Å². The molecule has 0 unspecified atom stereocenters. The lowest BCUT2D eigenvalue weighted by atomic mass is 9.81. The molecule has 0 fully saturated rings. The highest BCUT2D eigenvalue weighted by Crippen LogP contribution is 2.48. The van der Waals surface area contributed by atoms with Crippen molar-refractivity contribution < 1.29 is 43.5 Å². The van der Waals surface area contributed by atoms with Gasteiger partial charge in [0.2, 0.25) is 5.69 Å². The molecular weight excluding hydrogens is 725 g/mol. The third-order valence-electron chi connectivity index (χ3n) is 9.81. The molecule has 2 heterocycles. The Morgan fingerprint density at radius 2 is 1.46 bits per heavy atom. The monoisotopic (exact) mass is 775 g/mol. The quantitative estimate of drug-likeness (QED) is 0.0693. The first-order valence-electron chi connectivity index (χ1n) is 17.4. The predicted octanol–water partition coefficient (Wildman–Crippen LogP) is 7.08. The third-order valence-corrected chi connectivity index (χ3v) is 12.3. The molecule has 0 spiro atoms.